The van der Waals surface area contributed by atoms with Crippen molar-refractivity contribution in [2.75, 3.05) is 13.2 Å². The van der Waals surface area contributed by atoms with E-state index in [-0.39, 0.29) is 0 Å². The normalized spacial score (nSPS) is 15.7. The first-order chi connectivity index (χ1) is 16.2. The molecular weight excluding hydrogens is 406 g/mol. The van der Waals surface area contributed by atoms with Gasteiger partial charge in [-0.15, -0.1) is 0 Å². The first kappa shape index (κ1) is 19.1. The zero-order chi connectivity index (χ0) is 22.1. The SMILES string of the molecule is Cc1c2c(cc3ccccc13)Oc1cc3cc(C4CCOCC4)ccc3c3cc[n+](C)c-2c13. The molecule has 2 aliphatic rings. The van der Waals surface area contributed by atoms with Crippen molar-refractivity contribution in [1.29, 1.82) is 0 Å². The molecule has 0 saturated carbocycles. The van der Waals surface area contributed by atoms with Gasteiger partial charge < -0.3 is 9.47 Å². The zero-order valence-electron chi connectivity index (χ0n) is 19.0. The first-order valence-electron chi connectivity index (χ1n) is 11.9. The van der Waals surface area contributed by atoms with Crippen LogP contribution in [-0.2, 0) is 11.8 Å². The number of pyridine rings is 1. The van der Waals surface area contributed by atoms with Gasteiger partial charge in [0.15, 0.2) is 6.20 Å². The Morgan fingerprint density at radius 3 is 2.52 bits per heavy atom. The zero-order valence-corrected chi connectivity index (χ0v) is 19.0. The fourth-order valence-corrected chi connectivity index (χ4v) is 5.94. The Bertz CT molecular complexity index is 1590. The van der Waals surface area contributed by atoms with Gasteiger partial charge in [-0.05, 0) is 70.5 Å². The van der Waals surface area contributed by atoms with Crippen LogP contribution in [0.25, 0.3) is 43.6 Å². The maximum absolute atomic E-state index is 6.65. The second-order valence-electron chi connectivity index (χ2n) is 9.50. The van der Waals surface area contributed by atoms with Crippen LogP contribution in [-0.4, -0.2) is 13.2 Å². The summed E-state index contributed by atoms with van der Waals surface area (Å²) in [5.74, 6) is 2.48. The second kappa shape index (κ2) is 7.03. The molecular formula is C30H26NO2+. The van der Waals surface area contributed by atoms with E-state index in [2.05, 4.69) is 85.4 Å². The van der Waals surface area contributed by atoms with Gasteiger partial charge in [0, 0.05) is 24.7 Å². The maximum atomic E-state index is 6.65. The minimum atomic E-state index is 0.579. The largest absolute Gasteiger partial charge is 0.456 e. The van der Waals surface area contributed by atoms with E-state index in [1.54, 1.807) is 0 Å². The molecule has 7 rings (SSSR count). The fraction of sp³-hybridized carbons (Fsp3) is 0.233. The summed E-state index contributed by atoms with van der Waals surface area (Å²) < 4.78 is 14.5. The highest BCUT2D eigenvalue weighted by atomic mass is 16.5. The van der Waals surface area contributed by atoms with Crippen molar-refractivity contribution in [3.63, 3.8) is 0 Å². The van der Waals surface area contributed by atoms with E-state index in [1.165, 1.54) is 54.7 Å². The van der Waals surface area contributed by atoms with Gasteiger partial charge in [-0.1, -0.05) is 42.5 Å². The Balaban J connectivity index is 1.52. The third-order valence-electron chi connectivity index (χ3n) is 7.64. The van der Waals surface area contributed by atoms with E-state index in [0.29, 0.717) is 5.92 Å². The van der Waals surface area contributed by atoms with Crippen LogP contribution < -0.4 is 9.30 Å². The predicted molar refractivity (Wildman–Crippen MR) is 133 cm³/mol. The van der Waals surface area contributed by atoms with Crippen molar-refractivity contribution in [2.45, 2.75) is 25.7 Å². The summed E-state index contributed by atoms with van der Waals surface area (Å²) in [6, 6.07) is 22.3. The Hall–Kier alpha value is -3.43. The number of fused-ring (bicyclic) bond motifs is 5. The van der Waals surface area contributed by atoms with Crippen LogP contribution in [0.3, 0.4) is 0 Å². The number of hydrogen-bond acceptors (Lipinski definition) is 2. The topological polar surface area (TPSA) is 22.3 Å². The molecule has 0 amide bonds. The number of aromatic nitrogens is 1. The van der Waals surface area contributed by atoms with Gasteiger partial charge in [0.2, 0.25) is 5.69 Å². The summed E-state index contributed by atoms with van der Waals surface area (Å²) in [6.07, 6.45) is 4.39. The van der Waals surface area contributed by atoms with E-state index in [4.69, 9.17) is 9.47 Å². The summed E-state index contributed by atoms with van der Waals surface area (Å²) in [5.41, 5.74) is 5.12. The number of nitrogens with zero attached hydrogens (tertiary/aromatic N) is 1. The van der Waals surface area contributed by atoms with Crippen molar-refractivity contribution in [3.8, 4) is 22.8 Å². The number of ether oxygens (including phenoxy) is 2. The van der Waals surface area contributed by atoms with Gasteiger partial charge >= 0.3 is 0 Å². The fourth-order valence-electron chi connectivity index (χ4n) is 5.94. The number of rotatable bonds is 1. The molecule has 0 bridgehead atoms. The monoisotopic (exact) mass is 432 g/mol. The summed E-state index contributed by atoms with van der Waals surface area (Å²) in [6.45, 7) is 3.94. The standard InChI is InChI=1S/C30H26NO2/c1-18-23-6-4-3-5-21(23)16-26-28(18)30-29-25(9-12-31(30)2)24-8-7-20(19-10-13-32-14-11-19)15-22(24)17-27(29)33-26/h3-9,12,15-17,19H,10-11,13-14H2,1-2H3/q+1. The lowest BCUT2D eigenvalue weighted by molar-refractivity contribution is -0.659. The molecule has 3 nitrogen and oxygen atoms in total. The van der Waals surface area contributed by atoms with Crippen LogP contribution in [0, 0.1) is 6.92 Å². The Morgan fingerprint density at radius 2 is 1.64 bits per heavy atom. The number of benzene rings is 4. The average Bonchev–Trinajstić information content (AvgIpc) is 2.85. The third kappa shape index (κ3) is 2.75. The minimum absolute atomic E-state index is 0.579. The van der Waals surface area contributed by atoms with Gasteiger partial charge in [0.1, 0.15) is 18.5 Å². The van der Waals surface area contributed by atoms with Crippen LogP contribution in [0.4, 0.5) is 0 Å². The van der Waals surface area contributed by atoms with E-state index >= 15 is 0 Å². The van der Waals surface area contributed by atoms with E-state index in [9.17, 15) is 0 Å². The van der Waals surface area contributed by atoms with Gasteiger partial charge in [-0.25, -0.2) is 4.57 Å². The molecule has 5 aromatic rings. The molecule has 162 valence electrons. The highest BCUT2D eigenvalue weighted by molar-refractivity contribution is 6.16. The molecule has 1 aromatic heterocycles. The van der Waals surface area contributed by atoms with Crippen LogP contribution >= 0.6 is 0 Å². The lowest BCUT2D eigenvalue weighted by atomic mass is 9.87. The highest BCUT2D eigenvalue weighted by Crippen LogP contribution is 2.50. The molecule has 0 unspecified atom stereocenters. The number of aryl methyl sites for hydroxylation is 2. The van der Waals surface area contributed by atoms with Crippen LogP contribution in [0.5, 0.6) is 11.5 Å². The Labute approximate surface area is 193 Å². The van der Waals surface area contributed by atoms with Crippen molar-refractivity contribution in [2.24, 2.45) is 7.05 Å². The van der Waals surface area contributed by atoms with Crippen LogP contribution in [0.1, 0.15) is 29.9 Å². The van der Waals surface area contributed by atoms with Crippen molar-refractivity contribution in [1.82, 2.24) is 0 Å². The molecule has 0 spiro atoms. The van der Waals surface area contributed by atoms with Crippen LogP contribution in [0.15, 0.2) is 66.9 Å². The Kier molecular flexibility index (Phi) is 4.07. The first-order valence-corrected chi connectivity index (χ1v) is 11.9. The smallest absolute Gasteiger partial charge is 0.228 e. The molecule has 2 aliphatic heterocycles. The van der Waals surface area contributed by atoms with Crippen molar-refractivity contribution < 1.29 is 14.0 Å². The highest BCUT2D eigenvalue weighted by Gasteiger charge is 2.31. The Morgan fingerprint density at radius 1 is 0.818 bits per heavy atom. The van der Waals surface area contributed by atoms with Crippen LogP contribution in [0.2, 0.25) is 0 Å². The van der Waals surface area contributed by atoms with Gasteiger partial charge in [-0.2, -0.15) is 0 Å². The van der Waals surface area contributed by atoms with Gasteiger partial charge in [0.25, 0.3) is 0 Å². The van der Waals surface area contributed by atoms with Gasteiger partial charge in [0.05, 0.1) is 10.9 Å². The molecule has 0 N–H and O–H groups in total. The molecule has 0 radical (unpaired) electrons. The second-order valence-corrected chi connectivity index (χ2v) is 9.50. The third-order valence-corrected chi connectivity index (χ3v) is 7.64. The number of hydrogen-bond donors (Lipinski definition) is 0. The van der Waals surface area contributed by atoms with Crippen molar-refractivity contribution >= 4 is 32.3 Å². The van der Waals surface area contributed by atoms with E-state index < -0.39 is 0 Å². The molecule has 1 saturated heterocycles. The maximum Gasteiger partial charge on any atom is 0.228 e. The molecule has 0 aliphatic carbocycles. The summed E-state index contributed by atoms with van der Waals surface area (Å²) in [7, 11) is 2.14. The molecule has 1 fully saturated rings. The molecule has 4 aromatic carbocycles. The lowest BCUT2D eigenvalue weighted by Crippen LogP contribution is -2.31. The van der Waals surface area contributed by atoms with E-state index in [1.807, 2.05) is 0 Å². The van der Waals surface area contributed by atoms with Gasteiger partial charge in [-0.3, -0.25) is 0 Å². The summed E-state index contributed by atoms with van der Waals surface area (Å²) in [5, 5.41) is 7.50. The molecule has 0 atom stereocenters. The minimum Gasteiger partial charge on any atom is -0.456 e. The average molecular weight is 433 g/mol. The molecule has 33 heavy (non-hydrogen) atoms. The van der Waals surface area contributed by atoms with Crippen molar-refractivity contribution in [3.05, 3.63) is 78.0 Å². The quantitative estimate of drug-likeness (QED) is 0.207. The molecule has 3 heterocycles. The summed E-state index contributed by atoms with van der Waals surface area (Å²) >= 11 is 0. The predicted octanol–water partition coefficient (Wildman–Crippen LogP) is 6.95. The summed E-state index contributed by atoms with van der Waals surface area (Å²) in [4.78, 5) is 0. The van der Waals surface area contributed by atoms with E-state index in [0.717, 1.165) is 37.6 Å². The molecule has 3 heteroatoms. The lowest BCUT2D eigenvalue weighted by Gasteiger charge is -2.24.